The number of carbonyl (C=O) groups is 1. The number of nitrogens with one attached hydrogen (secondary N) is 1. The molecule has 0 bridgehead atoms. The SMILES string of the molecule is CCN(C(=O)Cc1c(N2CC3(CNC3)C2)cc(C(F)(F)F)cc1C(F)(F)F)c1ccc(F)cc1. The third kappa shape index (κ3) is 4.57. The molecule has 11 heteroatoms. The first-order valence-corrected chi connectivity index (χ1v) is 10.7. The largest absolute Gasteiger partial charge is 0.416 e. The fraction of sp³-hybridized carbons (Fsp3) is 0.435. The summed E-state index contributed by atoms with van der Waals surface area (Å²) in [5.74, 6) is -1.28. The Hall–Kier alpha value is -2.82. The van der Waals surface area contributed by atoms with E-state index < -0.39 is 47.2 Å². The maximum absolute atomic E-state index is 13.9. The summed E-state index contributed by atoms with van der Waals surface area (Å²) in [6.45, 7) is 3.56. The Labute approximate surface area is 191 Å². The van der Waals surface area contributed by atoms with Gasteiger partial charge in [0.05, 0.1) is 17.5 Å². The molecule has 0 aliphatic carbocycles. The van der Waals surface area contributed by atoms with Crippen LogP contribution < -0.4 is 15.1 Å². The molecular weight excluding hydrogens is 467 g/mol. The molecule has 0 atom stereocenters. The smallest absolute Gasteiger partial charge is 0.370 e. The van der Waals surface area contributed by atoms with Gasteiger partial charge >= 0.3 is 12.4 Å². The Morgan fingerprint density at radius 1 is 1.03 bits per heavy atom. The number of likely N-dealkylation sites (N-methyl/N-ethyl adjacent to an activating group) is 1. The highest BCUT2D eigenvalue weighted by Crippen LogP contribution is 2.46. The number of carbonyl (C=O) groups excluding carboxylic acids is 1. The maximum Gasteiger partial charge on any atom is 0.416 e. The van der Waals surface area contributed by atoms with Crippen LogP contribution in [0.4, 0.5) is 42.1 Å². The average molecular weight is 489 g/mol. The van der Waals surface area contributed by atoms with Gasteiger partial charge in [-0.05, 0) is 48.9 Å². The summed E-state index contributed by atoms with van der Waals surface area (Å²) in [7, 11) is 0. The number of hydrogen-bond acceptors (Lipinski definition) is 3. The van der Waals surface area contributed by atoms with E-state index in [0.717, 1.165) is 12.1 Å². The summed E-state index contributed by atoms with van der Waals surface area (Å²) in [6.07, 6.45) is -10.8. The minimum atomic E-state index is -5.10. The number of alkyl halides is 6. The second kappa shape index (κ2) is 8.44. The number of anilines is 2. The minimum absolute atomic E-state index is 0.0702. The van der Waals surface area contributed by atoms with Crippen molar-refractivity contribution < 1.29 is 35.5 Å². The number of benzene rings is 2. The molecule has 184 valence electrons. The van der Waals surface area contributed by atoms with Crippen molar-refractivity contribution >= 4 is 17.3 Å². The molecule has 2 heterocycles. The molecule has 34 heavy (non-hydrogen) atoms. The van der Waals surface area contributed by atoms with E-state index in [4.69, 9.17) is 0 Å². The van der Waals surface area contributed by atoms with Gasteiger partial charge in [-0.3, -0.25) is 4.79 Å². The zero-order valence-corrected chi connectivity index (χ0v) is 18.2. The monoisotopic (exact) mass is 489 g/mol. The lowest BCUT2D eigenvalue weighted by atomic mass is 9.74. The van der Waals surface area contributed by atoms with Gasteiger partial charge in [0.15, 0.2) is 0 Å². The fourth-order valence-electron chi connectivity index (χ4n) is 4.55. The summed E-state index contributed by atoms with van der Waals surface area (Å²) in [6, 6.07) is 5.63. The normalized spacial score (nSPS) is 17.4. The quantitative estimate of drug-likeness (QED) is 0.609. The van der Waals surface area contributed by atoms with Gasteiger partial charge in [0.25, 0.3) is 0 Å². The van der Waals surface area contributed by atoms with Crippen LogP contribution in [0.15, 0.2) is 36.4 Å². The molecule has 0 unspecified atom stereocenters. The van der Waals surface area contributed by atoms with Crippen LogP contribution in [0.1, 0.15) is 23.6 Å². The highest BCUT2D eigenvalue weighted by Gasteiger charge is 2.49. The van der Waals surface area contributed by atoms with Crippen molar-refractivity contribution in [2.24, 2.45) is 5.41 Å². The molecule has 4 nitrogen and oxygen atoms in total. The first-order chi connectivity index (χ1) is 15.8. The lowest BCUT2D eigenvalue weighted by Gasteiger charge is -2.57. The first kappa shape index (κ1) is 24.3. The molecular formula is C23H22F7N3O. The van der Waals surface area contributed by atoms with E-state index >= 15 is 0 Å². The Kier molecular flexibility index (Phi) is 6.03. The van der Waals surface area contributed by atoms with Crippen LogP contribution in [-0.2, 0) is 23.6 Å². The van der Waals surface area contributed by atoms with Gasteiger partial charge in [0.2, 0.25) is 5.91 Å². The van der Waals surface area contributed by atoms with Crippen molar-refractivity contribution in [2.75, 3.05) is 42.5 Å². The summed E-state index contributed by atoms with van der Waals surface area (Å²) in [4.78, 5) is 15.7. The molecule has 0 aromatic heterocycles. The fourth-order valence-corrected chi connectivity index (χ4v) is 4.55. The molecule has 2 aliphatic rings. The van der Waals surface area contributed by atoms with Crippen LogP contribution in [0.5, 0.6) is 0 Å². The highest BCUT2D eigenvalue weighted by atomic mass is 19.4. The van der Waals surface area contributed by atoms with Crippen LogP contribution in [-0.4, -0.2) is 38.6 Å². The summed E-state index contributed by atoms with van der Waals surface area (Å²) < 4.78 is 95.6. The van der Waals surface area contributed by atoms with Crippen molar-refractivity contribution in [3.63, 3.8) is 0 Å². The zero-order chi connectivity index (χ0) is 24.9. The minimum Gasteiger partial charge on any atom is -0.370 e. The van der Waals surface area contributed by atoms with Crippen molar-refractivity contribution in [1.29, 1.82) is 0 Å². The molecule has 4 rings (SSSR count). The van der Waals surface area contributed by atoms with Crippen molar-refractivity contribution in [2.45, 2.75) is 25.7 Å². The molecule has 2 aromatic carbocycles. The van der Waals surface area contributed by atoms with Crippen LogP contribution in [0.25, 0.3) is 0 Å². The number of halogens is 7. The lowest BCUT2D eigenvalue weighted by molar-refractivity contribution is -0.143. The standard InChI is InChI=1S/C23H22F7N3O/c1-2-33(16-5-3-15(24)4-6-16)20(34)9-17-18(23(28,29)30)7-14(22(25,26)27)8-19(17)32-12-21(13-32)10-31-11-21/h3-8,31H,2,9-13H2,1H3. The van der Waals surface area contributed by atoms with Gasteiger partial charge in [-0.1, -0.05) is 0 Å². The summed E-state index contributed by atoms with van der Waals surface area (Å²) in [5.41, 5.74) is -3.51. The van der Waals surface area contributed by atoms with E-state index in [-0.39, 0.29) is 29.4 Å². The molecule has 2 aliphatic heterocycles. The van der Waals surface area contributed by atoms with Crippen LogP contribution >= 0.6 is 0 Å². The van der Waals surface area contributed by atoms with E-state index in [0.29, 0.717) is 32.2 Å². The van der Waals surface area contributed by atoms with Gasteiger partial charge in [0, 0.05) is 49.5 Å². The lowest BCUT2D eigenvalue weighted by Crippen LogP contribution is -2.71. The van der Waals surface area contributed by atoms with E-state index in [9.17, 15) is 35.5 Å². The molecule has 1 N–H and O–H groups in total. The number of amides is 1. The van der Waals surface area contributed by atoms with E-state index in [1.807, 2.05) is 0 Å². The van der Waals surface area contributed by atoms with Gasteiger partial charge < -0.3 is 15.1 Å². The van der Waals surface area contributed by atoms with Gasteiger partial charge in [-0.2, -0.15) is 26.3 Å². The summed E-state index contributed by atoms with van der Waals surface area (Å²) >= 11 is 0. The van der Waals surface area contributed by atoms with E-state index in [1.54, 1.807) is 6.92 Å². The Balaban J connectivity index is 1.76. The van der Waals surface area contributed by atoms with Crippen LogP contribution in [0.3, 0.4) is 0 Å². The Morgan fingerprint density at radius 2 is 1.65 bits per heavy atom. The Morgan fingerprint density at radius 3 is 2.12 bits per heavy atom. The number of hydrogen-bond donors (Lipinski definition) is 1. The second-order valence-electron chi connectivity index (χ2n) is 8.77. The van der Waals surface area contributed by atoms with Gasteiger partial charge in [-0.15, -0.1) is 0 Å². The van der Waals surface area contributed by atoms with E-state index in [2.05, 4.69) is 5.32 Å². The van der Waals surface area contributed by atoms with E-state index in [1.165, 1.54) is 21.9 Å². The summed E-state index contributed by atoms with van der Waals surface area (Å²) in [5, 5.41) is 3.06. The molecule has 0 radical (unpaired) electrons. The second-order valence-corrected chi connectivity index (χ2v) is 8.77. The van der Waals surface area contributed by atoms with Gasteiger partial charge in [-0.25, -0.2) is 4.39 Å². The topological polar surface area (TPSA) is 35.6 Å². The molecule has 1 spiro atoms. The predicted molar refractivity (Wildman–Crippen MR) is 112 cm³/mol. The molecule has 2 saturated heterocycles. The third-order valence-electron chi connectivity index (χ3n) is 6.34. The Bertz CT molecular complexity index is 1070. The highest BCUT2D eigenvalue weighted by molar-refractivity contribution is 5.95. The van der Waals surface area contributed by atoms with Crippen LogP contribution in [0, 0.1) is 11.2 Å². The molecule has 1 amide bonds. The number of nitrogens with zero attached hydrogens (tertiary/aromatic N) is 2. The maximum atomic E-state index is 13.9. The van der Waals surface area contributed by atoms with Crippen molar-refractivity contribution in [1.82, 2.24) is 5.32 Å². The molecule has 2 aromatic rings. The average Bonchev–Trinajstić information content (AvgIpc) is 2.67. The molecule has 0 saturated carbocycles. The number of rotatable bonds is 5. The van der Waals surface area contributed by atoms with Crippen molar-refractivity contribution in [3.8, 4) is 0 Å². The first-order valence-electron chi connectivity index (χ1n) is 10.7. The molecule has 2 fully saturated rings. The zero-order valence-electron chi connectivity index (χ0n) is 18.2. The van der Waals surface area contributed by atoms with Gasteiger partial charge in [0.1, 0.15) is 5.82 Å². The van der Waals surface area contributed by atoms with Crippen molar-refractivity contribution in [3.05, 3.63) is 58.9 Å². The third-order valence-corrected chi connectivity index (χ3v) is 6.34. The predicted octanol–water partition coefficient (Wildman–Crippen LogP) is 4.87. The van der Waals surface area contributed by atoms with Crippen LogP contribution in [0.2, 0.25) is 0 Å².